The number of rotatable bonds is 2. The Kier molecular flexibility index (Phi) is 3.05. The summed E-state index contributed by atoms with van der Waals surface area (Å²) in [6.07, 6.45) is 1.68. The van der Waals surface area contributed by atoms with Gasteiger partial charge >= 0.3 is 0 Å². The summed E-state index contributed by atoms with van der Waals surface area (Å²) in [5.41, 5.74) is 11.5. The van der Waals surface area contributed by atoms with Gasteiger partial charge in [0.15, 0.2) is 0 Å². The standard InChI is InChI=1S/C16H14N4/c17-16(18)20-19-10-13-6-3-5-12-9-8-11-4-1-2-7-14(11)15(12)13/h1-10H,(H4,17,18,20). The summed E-state index contributed by atoms with van der Waals surface area (Å²) in [7, 11) is 0. The van der Waals surface area contributed by atoms with Gasteiger partial charge < -0.3 is 11.5 Å². The summed E-state index contributed by atoms with van der Waals surface area (Å²) in [5, 5.41) is 12.3. The molecule has 98 valence electrons. The summed E-state index contributed by atoms with van der Waals surface area (Å²) >= 11 is 0. The van der Waals surface area contributed by atoms with E-state index in [0.29, 0.717) is 0 Å². The van der Waals surface area contributed by atoms with Gasteiger partial charge in [-0.15, -0.1) is 5.10 Å². The molecule has 0 saturated heterocycles. The SMILES string of the molecule is NC(N)=NN=Cc1cccc2ccc3ccccc3c12. The second-order valence-corrected chi connectivity index (χ2v) is 4.50. The van der Waals surface area contributed by atoms with Crippen molar-refractivity contribution in [3.8, 4) is 0 Å². The molecule has 0 aromatic heterocycles. The van der Waals surface area contributed by atoms with Crippen molar-refractivity contribution in [2.75, 3.05) is 0 Å². The molecule has 0 aliphatic carbocycles. The minimum Gasteiger partial charge on any atom is -0.369 e. The van der Waals surface area contributed by atoms with Crippen molar-refractivity contribution in [2.45, 2.75) is 0 Å². The lowest BCUT2D eigenvalue weighted by Crippen LogP contribution is -2.21. The predicted octanol–water partition coefficient (Wildman–Crippen LogP) is 2.60. The van der Waals surface area contributed by atoms with Gasteiger partial charge in [0, 0.05) is 5.56 Å². The van der Waals surface area contributed by atoms with Crippen molar-refractivity contribution < 1.29 is 0 Å². The Labute approximate surface area is 116 Å². The van der Waals surface area contributed by atoms with Crippen molar-refractivity contribution in [1.29, 1.82) is 0 Å². The fourth-order valence-corrected chi connectivity index (χ4v) is 2.35. The summed E-state index contributed by atoms with van der Waals surface area (Å²) < 4.78 is 0. The van der Waals surface area contributed by atoms with E-state index in [1.54, 1.807) is 6.21 Å². The van der Waals surface area contributed by atoms with Crippen LogP contribution in [0.25, 0.3) is 21.5 Å². The molecular weight excluding hydrogens is 248 g/mol. The number of hydrogen-bond acceptors (Lipinski definition) is 2. The molecule has 20 heavy (non-hydrogen) atoms. The van der Waals surface area contributed by atoms with Crippen molar-refractivity contribution in [3.05, 3.63) is 60.2 Å². The van der Waals surface area contributed by atoms with Gasteiger partial charge in [-0.05, 0) is 21.5 Å². The molecule has 0 amide bonds. The molecule has 0 spiro atoms. The fourth-order valence-electron chi connectivity index (χ4n) is 2.35. The number of hydrogen-bond donors (Lipinski definition) is 2. The van der Waals surface area contributed by atoms with Gasteiger partial charge in [0.2, 0.25) is 5.96 Å². The van der Waals surface area contributed by atoms with E-state index in [-0.39, 0.29) is 5.96 Å². The topological polar surface area (TPSA) is 76.8 Å². The largest absolute Gasteiger partial charge is 0.369 e. The lowest BCUT2D eigenvalue weighted by atomic mass is 9.98. The van der Waals surface area contributed by atoms with Crippen LogP contribution in [-0.4, -0.2) is 12.2 Å². The van der Waals surface area contributed by atoms with Crippen LogP contribution in [-0.2, 0) is 0 Å². The molecule has 0 saturated carbocycles. The minimum atomic E-state index is -0.0497. The molecule has 4 heteroatoms. The first-order chi connectivity index (χ1) is 9.75. The van der Waals surface area contributed by atoms with Crippen molar-refractivity contribution >= 4 is 33.7 Å². The molecule has 3 aromatic rings. The molecule has 0 fully saturated rings. The van der Waals surface area contributed by atoms with Crippen molar-refractivity contribution in [3.63, 3.8) is 0 Å². The summed E-state index contributed by atoms with van der Waals surface area (Å²) in [6.45, 7) is 0. The second kappa shape index (κ2) is 5.01. The predicted molar refractivity (Wildman–Crippen MR) is 84.9 cm³/mol. The third-order valence-corrected chi connectivity index (χ3v) is 3.17. The van der Waals surface area contributed by atoms with Crippen LogP contribution in [0, 0.1) is 0 Å². The van der Waals surface area contributed by atoms with Gasteiger partial charge in [0.25, 0.3) is 0 Å². The molecule has 0 unspecified atom stereocenters. The van der Waals surface area contributed by atoms with E-state index in [1.807, 2.05) is 24.3 Å². The molecule has 0 atom stereocenters. The Balaban J connectivity index is 2.29. The summed E-state index contributed by atoms with van der Waals surface area (Å²) in [5.74, 6) is -0.0497. The molecule has 0 aliphatic heterocycles. The van der Waals surface area contributed by atoms with Gasteiger partial charge in [-0.2, -0.15) is 5.10 Å². The van der Waals surface area contributed by atoms with E-state index in [0.717, 1.165) is 16.3 Å². The highest BCUT2D eigenvalue weighted by Gasteiger charge is 2.03. The number of benzene rings is 3. The van der Waals surface area contributed by atoms with Crippen LogP contribution in [0.3, 0.4) is 0 Å². The highest BCUT2D eigenvalue weighted by atomic mass is 15.3. The van der Waals surface area contributed by atoms with E-state index in [2.05, 4.69) is 40.5 Å². The molecule has 0 radical (unpaired) electrons. The smallest absolute Gasteiger partial charge is 0.211 e. The normalized spacial score (nSPS) is 11.2. The Morgan fingerprint density at radius 3 is 2.45 bits per heavy atom. The quantitative estimate of drug-likeness (QED) is 0.322. The summed E-state index contributed by atoms with van der Waals surface area (Å²) in [6, 6.07) is 18.6. The van der Waals surface area contributed by atoms with Crippen LogP contribution in [0.2, 0.25) is 0 Å². The van der Waals surface area contributed by atoms with Crippen molar-refractivity contribution in [1.82, 2.24) is 0 Å². The maximum atomic E-state index is 5.27. The van der Waals surface area contributed by atoms with Crippen LogP contribution < -0.4 is 11.5 Å². The van der Waals surface area contributed by atoms with Crippen LogP contribution in [0.1, 0.15) is 5.56 Å². The Morgan fingerprint density at radius 1 is 0.850 bits per heavy atom. The van der Waals surface area contributed by atoms with E-state index < -0.39 is 0 Å². The molecule has 4 N–H and O–H groups in total. The second-order valence-electron chi connectivity index (χ2n) is 4.50. The fraction of sp³-hybridized carbons (Fsp3) is 0. The van der Waals surface area contributed by atoms with Gasteiger partial charge in [0.1, 0.15) is 0 Å². The van der Waals surface area contributed by atoms with Crippen LogP contribution in [0.5, 0.6) is 0 Å². The zero-order valence-corrected chi connectivity index (χ0v) is 10.8. The average molecular weight is 262 g/mol. The van der Waals surface area contributed by atoms with Crippen LogP contribution in [0.4, 0.5) is 0 Å². The average Bonchev–Trinajstić information content (AvgIpc) is 2.46. The Hall–Kier alpha value is -2.88. The third kappa shape index (κ3) is 2.19. The number of guanidine groups is 1. The van der Waals surface area contributed by atoms with E-state index in [4.69, 9.17) is 11.5 Å². The van der Waals surface area contributed by atoms with E-state index >= 15 is 0 Å². The van der Waals surface area contributed by atoms with Gasteiger partial charge in [-0.25, -0.2) is 0 Å². The molecular formula is C16H14N4. The third-order valence-electron chi connectivity index (χ3n) is 3.17. The highest BCUT2D eigenvalue weighted by Crippen LogP contribution is 2.27. The first-order valence-corrected chi connectivity index (χ1v) is 6.28. The lowest BCUT2D eigenvalue weighted by molar-refractivity contribution is 1.22. The zero-order chi connectivity index (χ0) is 13.9. The molecule has 0 bridgehead atoms. The summed E-state index contributed by atoms with van der Waals surface area (Å²) in [4.78, 5) is 0. The maximum absolute atomic E-state index is 5.27. The Morgan fingerprint density at radius 2 is 1.60 bits per heavy atom. The van der Waals surface area contributed by atoms with Crippen LogP contribution >= 0.6 is 0 Å². The van der Waals surface area contributed by atoms with Gasteiger partial charge in [-0.1, -0.05) is 54.6 Å². The molecule has 0 heterocycles. The highest BCUT2D eigenvalue weighted by molar-refractivity contribution is 6.14. The zero-order valence-electron chi connectivity index (χ0n) is 10.8. The lowest BCUT2D eigenvalue weighted by Gasteiger charge is -2.06. The monoisotopic (exact) mass is 262 g/mol. The number of nitrogens with two attached hydrogens (primary N) is 2. The van der Waals surface area contributed by atoms with Crippen molar-refractivity contribution in [2.24, 2.45) is 21.7 Å². The number of nitrogens with zero attached hydrogens (tertiary/aromatic N) is 2. The molecule has 3 rings (SSSR count). The van der Waals surface area contributed by atoms with Gasteiger partial charge in [0.05, 0.1) is 6.21 Å². The Bertz CT molecular complexity index is 830. The number of fused-ring (bicyclic) bond motifs is 3. The first-order valence-electron chi connectivity index (χ1n) is 6.28. The van der Waals surface area contributed by atoms with E-state index in [1.165, 1.54) is 10.8 Å². The maximum Gasteiger partial charge on any atom is 0.211 e. The molecule has 4 nitrogen and oxygen atoms in total. The van der Waals surface area contributed by atoms with Crippen LogP contribution in [0.15, 0.2) is 64.8 Å². The minimum absolute atomic E-state index is 0.0497. The van der Waals surface area contributed by atoms with E-state index in [9.17, 15) is 0 Å². The van der Waals surface area contributed by atoms with Gasteiger partial charge in [-0.3, -0.25) is 0 Å². The first kappa shape index (κ1) is 12.2. The molecule has 3 aromatic carbocycles. The molecule has 0 aliphatic rings.